The molecule has 2 aromatic heterocycles. The topological polar surface area (TPSA) is 80.5 Å². The number of pyridine rings is 1. The van der Waals surface area contributed by atoms with E-state index in [1.165, 1.54) is 0 Å². The summed E-state index contributed by atoms with van der Waals surface area (Å²) < 4.78 is 11.0. The summed E-state index contributed by atoms with van der Waals surface area (Å²) in [4.78, 5) is 23.9. The largest absolute Gasteiger partial charge is 0.441 e. The van der Waals surface area contributed by atoms with Crippen molar-refractivity contribution in [1.82, 2.24) is 14.9 Å². The number of fused-ring (bicyclic) bond motifs is 1. The third-order valence-corrected chi connectivity index (χ3v) is 6.72. The Morgan fingerprint density at radius 1 is 1.03 bits per heavy atom. The van der Waals surface area contributed by atoms with E-state index in [2.05, 4.69) is 27.2 Å². The average Bonchev–Trinajstić information content (AvgIpc) is 3.25. The molecule has 1 N–H and O–H groups in total. The van der Waals surface area contributed by atoms with Crippen molar-refractivity contribution in [3.8, 4) is 11.3 Å². The number of benzene rings is 1. The van der Waals surface area contributed by atoms with Crippen molar-refractivity contribution in [2.24, 2.45) is 5.92 Å². The quantitative estimate of drug-likeness (QED) is 0.566. The van der Waals surface area contributed by atoms with Gasteiger partial charge in [0.05, 0.1) is 25.5 Å². The number of ether oxygens (including phenoxy) is 1. The zero-order valence-corrected chi connectivity index (χ0v) is 20.0. The van der Waals surface area contributed by atoms with Crippen LogP contribution in [0.5, 0.6) is 0 Å². The van der Waals surface area contributed by atoms with Crippen LogP contribution < -0.4 is 5.32 Å². The molecule has 1 aliphatic carbocycles. The van der Waals surface area contributed by atoms with E-state index in [1.807, 2.05) is 45.0 Å². The van der Waals surface area contributed by atoms with Gasteiger partial charge >= 0.3 is 0 Å². The van der Waals surface area contributed by atoms with Crippen molar-refractivity contribution in [1.29, 1.82) is 0 Å². The van der Waals surface area contributed by atoms with E-state index in [0.717, 1.165) is 61.0 Å². The van der Waals surface area contributed by atoms with Crippen molar-refractivity contribution in [2.45, 2.75) is 58.5 Å². The van der Waals surface area contributed by atoms with Gasteiger partial charge in [-0.2, -0.15) is 0 Å². The average molecular weight is 453 g/mol. The van der Waals surface area contributed by atoms with Gasteiger partial charge in [0.25, 0.3) is 0 Å². The highest BCUT2D eigenvalue weighted by Gasteiger charge is 2.33. The van der Waals surface area contributed by atoms with Gasteiger partial charge in [0.1, 0.15) is 5.82 Å². The molecule has 0 bridgehead atoms. The minimum absolute atomic E-state index is 0. The van der Waals surface area contributed by atoms with Crippen LogP contribution in [-0.2, 0) is 9.53 Å². The number of carbonyl (C=O) groups is 1. The molecule has 0 spiro atoms. The van der Waals surface area contributed by atoms with Gasteiger partial charge in [-0.25, -0.2) is 9.97 Å². The maximum atomic E-state index is 12.9. The second-order valence-electron chi connectivity index (χ2n) is 8.73. The highest BCUT2D eigenvalue weighted by atomic mass is 16.5. The molecule has 7 heteroatoms. The standard InChI is InChI=1S/C24H28N4O3.C2H6.H2/c1-15-25-12-22(31-15)17-3-4-18-11-26-23(10-19(18)9-17)27-24(29)16-5-7-20(8-6-16)28(2)21-13-30-14-21;1-2;/h3-4,9-12,16,20-21H,5-8,13-14H2,1-2H3,(H,26,27,29);1-2H3;1H. The molecular weight excluding hydrogens is 416 g/mol. The fourth-order valence-corrected chi connectivity index (χ4v) is 4.59. The first-order valence-corrected chi connectivity index (χ1v) is 12.0. The van der Waals surface area contributed by atoms with Crippen molar-refractivity contribution in [3.05, 3.63) is 42.5 Å². The van der Waals surface area contributed by atoms with Crippen LogP contribution in [0.2, 0.25) is 0 Å². The van der Waals surface area contributed by atoms with E-state index in [-0.39, 0.29) is 13.3 Å². The molecule has 1 aliphatic heterocycles. The molecule has 178 valence electrons. The number of likely N-dealkylation sites (N-methyl/N-ethyl adjacent to an activating group) is 1. The van der Waals surface area contributed by atoms with Gasteiger partial charge in [0.2, 0.25) is 5.91 Å². The van der Waals surface area contributed by atoms with Crippen molar-refractivity contribution < 1.29 is 15.4 Å². The van der Waals surface area contributed by atoms with Crippen LogP contribution in [0, 0.1) is 12.8 Å². The Morgan fingerprint density at radius 2 is 1.79 bits per heavy atom. The molecular formula is C26H36N4O3. The summed E-state index contributed by atoms with van der Waals surface area (Å²) in [5, 5.41) is 5.06. The number of oxazole rings is 1. The molecule has 1 saturated carbocycles. The van der Waals surface area contributed by atoms with Crippen LogP contribution >= 0.6 is 0 Å². The number of aromatic nitrogens is 2. The normalized spacial score (nSPS) is 20.8. The van der Waals surface area contributed by atoms with E-state index in [0.29, 0.717) is 23.8 Å². The van der Waals surface area contributed by atoms with Gasteiger partial charge < -0.3 is 14.5 Å². The Labute approximate surface area is 197 Å². The fraction of sp³-hybridized carbons (Fsp3) is 0.500. The number of hydrogen-bond acceptors (Lipinski definition) is 6. The molecule has 5 rings (SSSR count). The number of aryl methyl sites for hydroxylation is 1. The Balaban J connectivity index is 0.00000105. The first-order chi connectivity index (χ1) is 16.1. The molecule has 0 atom stereocenters. The molecule has 33 heavy (non-hydrogen) atoms. The molecule has 3 heterocycles. The summed E-state index contributed by atoms with van der Waals surface area (Å²) >= 11 is 0. The van der Waals surface area contributed by atoms with E-state index < -0.39 is 0 Å². The van der Waals surface area contributed by atoms with Crippen molar-refractivity contribution >= 4 is 22.5 Å². The van der Waals surface area contributed by atoms with E-state index in [4.69, 9.17) is 9.15 Å². The lowest BCUT2D eigenvalue weighted by molar-refractivity contribution is -0.121. The van der Waals surface area contributed by atoms with Crippen LogP contribution in [0.15, 0.2) is 41.1 Å². The number of anilines is 1. The second kappa shape index (κ2) is 10.4. The summed E-state index contributed by atoms with van der Waals surface area (Å²) in [5.41, 5.74) is 0.955. The predicted molar refractivity (Wildman–Crippen MR) is 132 cm³/mol. The molecule has 2 aliphatic rings. The molecule has 0 unspecified atom stereocenters. The van der Waals surface area contributed by atoms with Gasteiger partial charge in [-0.05, 0) is 50.2 Å². The number of nitrogens with zero attached hydrogens (tertiary/aromatic N) is 3. The third kappa shape index (κ3) is 5.25. The molecule has 0 radical (unpaired) electrons. The summed E-state index contributed by atoms with van der Waals surface area (Å²) in [6.45, 7) is 7.50. The lowest BCUT2D eigenvalue weighted by Crippen LogP contribution is -2.52. The Kier molecular flexibility index (Phi) is 7.40. The smallest absolute Gasteiger partial charge is 0.228 e. The zero-order valence-electron chi connectivity index (χ0n) is 20.0. The first kappa shape index (κ1) is 23.4. The van der Waals surface area contributed by atoms with Crippen LogP contribution in [0.1, 0.15) is 46.8 Å². The van der Waals surface area contributed by atoms with E-state index >= 15 is 0 Å². The fourth-order valence-electron chi connectivity index (χ4n) is 4.59. The summed E-state index contributed by atoms with van der Waals surface area (Å²) in [7, 11) is 2.19. The minimum Gasteiger partial charge on any atom is -0.441 e. The van der Waals surface area contributed by atoms with Gasteiger partial charge in [-0.3, -0.25) is 9.69 Å². The maximum absolute atomic E-state index is 12.9. The molecule has 2 fully saturated rings. The maximum Gasteiger partial charge on any atom is 0.228 e. The van der Waals surface area contributed by atoms with Crippen molar-refractivity contribution in [3.63, 3.8) is 0 Å². The number of hydrogen-bond donors (Lipinski definition) is 1. The highest BCUT2D eigenvalue weighted by molar-refractivity contribution is 5.94. The Morgan fingerprint density at radius 3 is 2.42 bits per heavy atom. The molecule has 1 amide bonds. The summed E-state index contributed by atoms with van der Waals surface area (Å²) in [5.74, 6) is 2.08. The van der Waals surface area contributed by atoms with Gasteiger partial charge in [-0.1, -0.05) is 26.0 Å². The SMILES string of the molecule is CC.Cc1ncc(-c2ccc3cnc(NC(=O)C4CCC(N(C)C5COC5)CC4)cc3c2)o1.[HH]. The summed E-state index contributed by atoms with van der Waals surface area (Å²) in [6.07, 6.45) is 7.46. The molecule has 1 saturated heterocycles. The van der Waals surface area contributed by atoms with Gasteiger partial charge in [0, 0.05) is 37.5 Å². The Bertz CT molecular complexity index is 1090. The predicted octanol–water partition coefficient (Wildman–Crippen LogP) is 5.30. The van der Waals surface area contributed by atoms with Crippen molar-refractivity contribution in [2.75, 3.05) is 25.6 Å². The van der Waals surface area contributed by atoms with Crippen LogP contribution in [0.3, 0.4) is 0 Å². The van der Waals surface area contributed by atoms with Gasteiger partial charge in [-0.15, -0.1) is 0 Å². The molecule has 3 aromatic rings. The monoisotopic (exact) mass is 452 g/mol. The zero-order chi connectivity index (χ0) is 23.4. The van der Waals surface area contributed by atoms with Gasteiger partial charge in [0.15, 0.2) is 11.7 Å². The number of carbonyl (C=O) groups excluding carboxylic acids is 1. The second-order valence-corrected chi connectivity index (χ2v) is 8.73. The number of nitrogens with one attached hydrogen (secondary N) is 1. The minimum atomic E-state index is 0. The number of amides is 1. The lowest BCUT2D eigenvalue weighted by atomic mass is 9.84. The summed E-state index contributed by atoms with van der Waals surface area (Å²) in [6, 6.07) is 9.06. The van der Waals surface area contributed by atoms with Crippen LogP contribution in [-0.4, -0.2) is 53.1 Å². The first-order valence-electron chi connectivity index (χ1n) is 12.0. The van der Waals surface area contributed by atoms with Crippen LogP contribution in [0.4, 0.5) is 5.82 Å². The lowest BCUT2D eigenvalue weighted by Gasteiger charge is -2.42. The highest BCUT2D eigenvalue weighted by Crippen LogP contribution is 2.30. The third-order valence-electron chi connectivity index (χ3n) is 6.72. The molecule has 7 nitrogen and oxygen atoms in total. The van der Waals surface area contributed by atoms with Crippen LogP contribution in [0.25, 0.3) is 22.1 Å². The van der Waals surface area contributed by atoms with E-state index in [1.54, 1.807) is 12.4 Å². The van der Waals surface area contributed by atoms with E-state index in [9.17, 15) is 4.79 Å². The molecule has 1 aromatic carbocycles. The Hall–Kier alpha value is -2.77. The number of rotatable bonds is 5.